The highest BCUT2D eigenvalue weighted by Gasteiger charge is 2.72. The number of nitrogens with one attached hydrogen (secondary N) is 2. The zero-order valence-electron chi connectivity index (χ0n) is 23.6. The molecular formula is C32H36Cl2N4O4. The van der Waals surface area contributed by atoms with Gasteiger partial charge in [0.1, 0.15) is 11.6 Å². The van der Waals surface area contributed by atoms with Gasteiger partial charge in [-0.05, 0) is 43.7 Å². The molecule has 2 aromatic rings. The van der Waals surface area contributed by atoms with Crippen LogP contribution in [0.4, 0.5) is 5.69 Å². The summed E-state index contributed by atoms with van der Waals surface area (Å²) in [5.74, 6) is -2.42. The fourth-order valence-electron chi connectivity index (χ4n) is 7.14. The lowest BCUT2D eigenvalue weighted by atomic mass is 9.74. The minimum Gasteiger partial charge on any atom is -0.359 e. The standard InChI is InChI=1S/C32H36Cl2N4O4/c1-37(19-20-8-4-2-5-9-20)14-15-38-28(30(40)35-23-10-6-3-7-11-23)32-13-12-25(42-32)26(27(32)31(38)41)29(39)36-24-17-21(33)16-22(34)18-24/h2,4-5,8-9,12-13,16-18,23,25-28H,3,6-7,10-11,14-15,19H2,1H3,(H,35,40)(H,36,39)/t25-,26-,27-,28+,32-/m0/s1. The fourth-order valence-corrected chi connectivity index (χ4v) is 7.67. The number of likely N-dealkylation sites (N-methyl/N-ethyl adjacent to an activating group) is 1. The number of halogens is 2. The quantitative estimate of drug-likeness (QED) is 0.403. The number of amides is 3. The summed E-state index contributed by atoms with van der Waals surface area (Å²) >= 11 is 12.3. The van der Waals surface area contributed by atoms with Gasteiger partial charge in [-0.15, -0.1) is 0 Å². The third-order valence-electron chi connectivity index (χ3n) is 9.02. The summed E-state index contributed by atoms with van der Waals surface area (Å²) < 4.78 is 6.47. The summed E-state index contributed by atoms with van der Waals surface area (Å²) in [5.41, 5.74) is 0.402. The Kier molecular flexibility index (Phi) is 8.33. The van der Waals surface area contributed by atoms with Crippen LogP contribution in [0.15, 0.2) is 60.7 Å². The van der Waals surface area contributed by atoms with Crippen molar-refractivity contribution in [2.75, 3.05) is 25.5 Å². The van der Waals surface area contributed by atoms with E-state index in [9.17, 15) is 14.4 Å². The Morgan fingerprint density at radius 2 is 1.76 bits per heavy atom. The van der Waals surface area contributed by atoms with Gasteiger partial charge in [0.05, 0.1) is 17.9 Å². The Balaban J connectivity index is 1.25. The lowest BCUT2D eigenvalue weighted by molar-refractivity contribution is -0.141. The first-order chi connectivity index (χ1) is 20.2. The second-order valence-corrected chi connectivity index (χ2v) is 12.8. The van der Waals surface area contributed by atoms with Gasteiger partial charge in [0, 0.05) is 41.4 Å². The Morgan fingerprint density at radius 1 is 1.05 bits per heavy atom. The van der Waals surface area contributed by atoms with Gasteiger partial charge in [0.2, 0.25) is 17.7 Å². The second-order valence-electron chi connectivity index (χ2n) is 11.9. The van der Waals surface area contributed by atoms with E-state index in [4.69, 9.17) is 27.9 Å². The van der Waals surface area contributed by atoms with E-state index in [-0.39, 0.29) is 23.8 Å². The number of likely N-dealkylation sites (tertiary alicyclic amines) is 1. The van der Waals surface area contributed by atoms with Crippen molar-refractivity contribution in [3.8, 4) is 0 Å². The van der Waals surface area contributed by atoms with Gasteiger partial charge in [0.15, 0.2) is 0 Å². The maximum absolute atomic E-state index is 14.2. The molecule has 8 nitrogen and oxygen atoms in total. The van der Waals surface area contributed by atoms with Crippen molar-refractivity contribution < 1.29 is 19.1 Å². The van der Waals surface area contributed by atoms with Gasteiger partial charge < -0.3 is 25.2 Å². The van der Waals surface area contributed by atoms with Crippen LogP contribution in [-0.4, -0.2) is 71.4 Å². The Hall–Kier alpha value is -2.91. The Bertz CT molecular complexity index is 1360. The predicted molar refractivity (Wildman–Crippen MR) is 162 cm³/mol. The van der Waals surface area contributed by atoms with E-state index in [1.54, 1.807) is 23.1 Å². The number of rotatable bonds is 9. The van der Waals surface area contributed by atoms with Crippen LogP contribution in [0, 0.1) is 11.8 Å². The highest BCUT2D eigenvalue weighted by Crippen LogP contribution is 2.55. The summed E-state index contributed by atoms with van der Waals surface area (Å²) in [7, 11) is 2.00. The van der Waals surface area contributed by atoms with E-state index in [0.29, 0.717) is 35.4 Å². The molecule has 5 atom stereocenters. The van der Waals surface area contributed by atoms with Gasteiger partial charge in [-0.1, -0.05) is 84.9 Å². The Morgan fingerprint density at radius 3 is 2.48 bits per heavy atom. The number of hydrogen-bond acceptors (Lipinski definition) is 5. The van der Waals surface area contributed by atoms with Crippen molar-refractivity contribution in [1.29, 1.82) is 0 Å². The lowest BCUT2D eigenvalue weighted by Crippen LogP contribution is -2.57. The van der Waals surface area contributed by atoms with Crippen molar-refractivity contribution in [3.63, 3.8) is 0 Å². The number of hydrogen-bond donors (Lipinski definition) is 2. The molecule has 3 amide bonds. The lowest BCUT2D eigenvalue weighted by Gasteiger charge is -2.34. The van der Waals surface area contributed by atoms with E-state index in [2.05, 4.69) is 27.7 Å². The Labute approximate surface area is 256 Å². The molecule has 2 aromatic carbocycles. The zero-order chi connectivity index (χ0) is 29.4. The number of benzene rings is 2. The maximum Gasteiger partial charge on any atom is 0.246 e. The molecule has 2 bridgehead atoms. The molecule has 0 radical (unpaired) electrons. The van der Waals surface area contributed by atoms with Crippen LogP contribution in [0.1, 0.15) is 37.7 Å². The molecule has 3 heterocycles. The molecule has 2 saturated heterocycles. The summed E-state index contributed by atoms with van der Waals surface area (Å²) in [5, 5.41) is 6.90. The molecule has 10 heteroatoms. The van der Waals surface area contributed by atoms with Crippen molar-refractivity contribution in [2.45, 2.75) is 62.4 Å². The first kappa shape index (κ1) is 29.2. The molecule has 1 saturated carbocycles. The van der Waals surface area contributed by atoms with Gasteiger partial charge in [-0.2, -0.15) is 0 Å². The van der Waals surface area contributed by atoms with Crippen molar-refractivity contribution in [1.82, 2.24) is 15.1 Å². The summed E-state index contributed by atoms with van der Waals surface area (Å²) in [4.78, 5) is 45.7. The van der Waals surface area contributed by atoms with E-state index in [1.165, 1.54) is 6.42 Å². The largest absolute Gasteiger partial charge is 0.359 e. The molecule has 1 spiro atoms. The van der Waals surface area contributed by atoms with E-state index < -0.39 is 29.6 Å². The van der Waals surface area contributed by atoms with Gasteiger partial charge in [-0.3, -0.25) is 14.4 Å². The first-order valence-electron chi connectivity index (χ1n) is 14.7. The molecule has 3 fully saturated rings. The number of fused-ring (bicyclic) bond motifs is 1. The molecule has 222 valence electrons. The number of ether oxygens (including phenoxy) is 1. The molecule has 1 aliphatic carbocycles. The van der Waals surface area contributed by atoms with E-state index >= 15 is 0 Å². The van der Waals surface area contributed by atoms with Crippen LogP contribution in [0.3, 0.4) is 0 Å². The summed E-state index contributed by atoms with van der Waals surface area (Å²) in [6.45, 7) is 1.60. The molecular weight excluding hydrogens is 575 g/mol. The van der Waals surface area contributed by atoms with Crippen LogP contribution in [0.25, 0.3) is 0 Å². The molecule has 3 aliphatic heterocycles. The van der Waals surface area contributed by atoms with Crippen LogP contribution < -0.4 is 10.6 Å². The first-order valence-corrected chi connectivity index (χ1v) is 15.5. The van der Waals surface area contributed by atoms with Crippen LogP contribution in [-0.2, 0) is 25.7 Å². The smallest absolute Gasteiger partial charge is 0.246 e. The molecule has 4 aliphatic rings. The molecule has 2 N–H and O–H groups in total. The monoisotopic (exact) mass is 610 g/mol. The second kappa shape index (κ2) is 12.0. The van der Waals surface area contributed by atoms with Gasteiger partial charge in [-0.25, -0.2) is 0 Å². The highest BCUT2D eigenvalue weighted by atomic mass is 35.5. The van der Waals surface area contributed by atoms with Crippen molar-refractivity contribution >= 4 is 46.6 Å². The number of nitrogens with zero attached hydrogens (tertiary/aromatic N) is 2. The SMILES string of the molecule is CN(CCN1C(=O)[C@@H]2[C@@H](C(=O)Nc3cc(Cl)cc(Cl)c3)[C@@H]3C=C[C@@]2(O3)[C@H]1C(=O)NC1CCCCC1)Cc1ccccc1. The molecule has 0 unspecified atom stereocenters. The predicted octanol–water partition coefficient (Wildman–Crippen LogP) is 4.66. The minimum absolute atomic E-state index is 0.0775. The molecule has 42 heavy (non-hydrogen) atoms. The van der Waals surface area contributed by atoms with Crippen molar-refractivity contribution in [2.24, 2.45) is 11.8 Å². The molecule has 6 rings (SSSR count). The van der Waals surface area contributed by atoms with E-state index in [0.717, 1.165) is 31.2 Å². The van der Waals surface area contributed by atoms with Crippen molar-refractivity contribution in [3.05, 3.63) is 76.3 Å². The number of anilines is 1. The van der Waals surface area contributed by atoms with Crippen LogP contribution >= 0.6 is 23.2 Å². The van der Waals surface area contributed by atoms with Gasteiger partial charge in [0.25, 0.3) is 0 Å². The summed E-state index contributed by atoms with van der Waals surface area (Å²) in [6, 6.07) is 14.1. The normalized spacial score (nSPS) is 28.4. The zero-order valence-corrected chi connectivity index (χ0v) is 25.1. The average molecular weight is 612 g/mol. The number of carbonyl (C=O) groups is 3. The molecule has 0 aromatic heterocycles. The highest BCUT2D eigenvalue weighted by molar-refractivity contribution is 6.35. The number of carbonyl (C=O) groups excluding carboxylic acids is 3. The fraction of sp³-hybridized carbons (Fsp3) is 0.469. The third kappa shape index (κ3) is 5.57. The summed E-state index contributed by atoms with van der Waals surface area (Å²) in [6.07, 6.45) is 8.23. The average Bonchev–Trinajstić information content (AvgIpc) is 3.59. The van der Waals surface area contributed by atoms with Crippen LogP contribution in [0.2, 0.25) is 10.0 Å². The minimum atomic E-state index is -1.20. The van der Waals surface area contributed by atoms with Gasteiger partial charge >= 0.3 is 0 Å². The third-order valence-corrected chi connectivity index (χ3v) is 9.46. The topological polar surface area (TPSA) is 91.0 Å². The van der Waals surface area contributed by atoms with E-state index in [1.807, 2.05) is 37.4 Å². The maximum atomic E-state index is 14.2. The van der Waals surface area contributed by atoms with Crippen LogP contribution in [0.5, 0.6) is 0 Å².